The Morgan fingerprint density at radius 1 is 1.46 bits per heavy atom. The summed E-state index contributed by atoms with van der Waals surface area (Å²) in [4.78, 5) is 0. The lowest BCUT2D eigenvalue weighted by molar-refractivity contribution is 0.0738. The van der Waals surface area contributed by atoms with E-state index in [2.05, 4.69) is 12.2 Å². The normalized spacial score (nSPS) is 21.7. The van der Waals surface area contributed by atoms with Crippen molar-refractivity contribution in [2.45, 2.75) is 38.3 Å². The molecule has 1 saturated heterocycles. The molecule has 0 aromatic heterocycles. The molecule has 78 valence electrons. The highest BCUT2D eigenvalue weighted by molar-refractivity contribution is 4.73. The summed E-state index contributed by atoms with van der Waals surface area (Å²) in [5, 5.41) is 3.59. The predicted octanol–water partition coefficient (Wildman–Crippen LogP) is 1.18. The quantitative estimate of drug-likeness (QED) is 0.701. The van der Waals surface area contributed by atoms with Gasteiger partial charge in [0.2, 0.25) is 0 Å². The number of hydrogen-bond acceptors (Lipinski definition) is 3. The van der Waals surface area contributed by atoms with Gasteiger partial charge in [0, 0.05) is 39.0 Å². The summed E-state index contributed by atoms with van der Waals surface area (Å²) < 4.78 is 10.3. The van der Waals surface area contributed by atoms with Gasteiger partial charge in [0.05, 0.1) is 0 Å². The Morgan fingerprint density at radius 2 is 2.15 bits per heavy atom. The first-order chi connectivity index (χ1) is 6.33. The van der Waals surface area contributed by atoms with Crippen LogP contribution in [-0.4, -0.2) is 39.0 Å². The lowest BCUT2D eigenvalue weighted by Crippen LogP contribution is -2.40. The first kappa shape index (κ1) is 11.0. The van der Waals surface area contributed by atoms with Crippen molar-refractivity contribution in [2.75, 3.05) is 26.9 Å². The van der Waals surface area contributed by atoms with Crippen molar-refractivity contribution in [1.82, 2.24) is 5.32 Å². The van der Waals surface area contributed by atoms with Gasteiger partial charge in [-0.05, 0) is 26.2 Å². The van der Waals surface area contributed by atoms with Crippen molar-refractivity contribution in [3.63, 3.8) is 0 Å². The Morgan fingerprint density at radius 3 is 2.77 bits per heavy atom. The molecule has 0 aromatic carbocycles. The summed E-state index contributed by atoms with van der Waals surface area (Å²) >= 11 is 0. The van der Waals surface area contributed by atoms with Crippen LogP contribution in [0.5, 0.6) is 0 Å². The summed E-state index contributed by atoms with van der Waals surface area (Å²) in [6.07, 6.45) is 3.39. The van der Waals surface area contributed by atoms with Crippen LogP contribution in [0.2, 0.25) is 0 Å². The van der Waals surface area contributed by atoms with Gasteiger partial charge in [-0.25, -0.2) is 0 Å². The molecule has 0 aromatic rings. The molecule has 1 fully saturated rings. The summed E-state index contributed by atoms with van der Waals surface area (Å²) in [5.41, 5.74) is 0. The van der Waals surface area contributed by atoms with Crippen molar-refractivity contribution in [3.8, 4) is 0 Å². The van der Waals surface area contributed by atoms with E-state index in [0.717, 1.165) is 39.1 Å². The molecule has 0 radical (unpaired) electrons. The maximum atomic E-state index is 5.30. The number of hydrogen-bond donors (Lipinski definition) is 1. The van der Waals surface area contributed by atoms with Gasteiger partial charge in [-0.3, -0.25) is 0 Å². The van der Waals surface area contributed by atoms with Crippen LogP contribution in [0.25, 0.3) is 0 Å². The lowest BCUT2D eigenvalue weighted by atomic mass is 10.1. The maximum Gasteiger partial charge on any atom is 0.0480 e. The molecule has 1 rings (SSSR count). The molecular formula is C10H21NO2. The van der Waals surface area contributed by atoms with E-state index in [0.29, 0.717) is 12.1 Å². The van der Waals surface area contributed by atoms with Crippen LogP contribution in [0.4, 0.5) is 0 Å². The minimum absolute atomic E-state index is 0.558. The lowest BCUT2D eigenvalue weighted by Gasteiger charge is -2.26. The van der Waals surface area contributed by atoms with Crippen LogP contribution in [0.15, 0.2) is 0 Å². The molecule has 1 N–H and O–H groups in total. The van der Waals surface area contributed by atoms with E-state index in [4.69, 9.17) is 9.47 Å². The minimum Gasteiger partial charge on any atom is -0.385 e. The molecular weight excluding hydrogens is 166 g/mol. The van der Waals surface area contributed by atoms with E-state index < -0.39 is 0 Å². The molecule has 0 spiro atoms. The molecule has 13 heavy (non-hydrogen) atoms. The first-order valence-electron chi connectivity index (χ1n) is 5.15. The average molecular weight is 187 g/mol. The summed E-state index contributed by atoms with van der Waals surface area (Å²) in [6, 6.07) is 1.21. The van der Waals surface area contributed by atoms with E-state index in [-0.39, 0.29) is 0 Å². The molecule has 1 unspecified atom stereocenters. The summed E-state index contributed by atoms with van der Waals surface area (Å²) in [6.45, 7) is 4.88. The largest absolute Gasteiger partial charge is 0.385 e. The van der Waals surface area contributed by atoms with Crippen molar-refractivity contribution in [1.29, 1.82) is 0 Å². The third kappa shape index (κ3) is 4.60. The number of rotatable bonds is 5. The Hall–Kier alpha value is -0.120. The topological polar surface area (TPSA) is 30.5 Å². The molecule has 1 aliphatic rings. The van der Waals surface area contributed by atoms with E-state index in [1.807, 2.05) is 0 Å². The van der Waals surface area contributed by atoms with Gasteiger partial charge < -0.3 is 14.8 Å². The van der Waals surface area contributed by atoms with Crippen molar-refractivity contribution >= 4 is 0 Å². The van der Waals surface area contributed by atoms with Crippen molar-refractivity contribution in [2.24, 2.45) is 0 Å². The van der Waals surface area contributed by atoms with Crippen LogP contribution in [0.1, 0.15) is 26.2 Å². The van der Waals surface area contributed by atoms with Crippen LogP contribution in [0, 0.1) is 0 Å². The van der Waals surface area contributed by atoms with E-state index in [9.17, 15) is 0 Å². The number of nitrogens with one attached hydrogen (secondary N) is 1. The van der Waals surface area contributed by atoms with Crippen LogP contribution in [-0.2, 0) is 9.47 Å². The second kappa shape index (κ2) is 6.35. The fourth-order valence-electron chi connectivity index (χ4n) is 1.64. The second-order valence-corrected chi connectivity index (χ2v) is 3.74. The highest BCUT2D eigenvalue weighted by Crippen LogP contribution is 2.07. The molecule has 1 heterocycles. The standard InChI is InChI=1S/C10H21NO2/c1-9(3-6-12-2)11-10-4-7-13-8-5-10/h9-11H,3-8H2,1-2H3. The molecule has 1 aliphatic heterocycles. The molecule has 0 aliphatic carbocycles. The molecule has 3 nitrogen and oxygen atoms in total. The van der Waals surface area contributed by atoms with E-state index in [1.54, 1.807) is 7.11 Å². The van der Waals surface area contributed by atoms with Gasteiger partial charge in [-0.15, -0.1) is 0 Å². The highest BCUT2D eigenvalue weighted by Gasteiger charge is 2.15. The molecule has 0 amide bonds. The Labute approximate surface area is 80.8 Å². The van der Waals surface area contributed by atoms with Gasteiger partial charge >= 0.3 is 0 Å². The summed E-state index contributed by atoms with van der Waals surface area (Å²) in [7, 11) is 1.75. The Balaban J connectivity index is 2.07. The highest BCUT2D eigenvalue weighted by atomic mass is 16.5. The molecule has 0 bridgehead atoms. The van der Waals surface area contributed by atoms with Crippen molar-refractivity contribution < 1.29 is 9.47 Å². The van der Waals surface area contributed by atoms with Crippen LogP contribution >= 0.6 is 0 Å². The maximum absolute atomic E-state index is 5.30. The smallest absolute Gasteiger partial charge is 0.0480 e. The zero-order valence-corrected chi connectivity index (χ0v) is 8.71. The van der Waals surface area contributed by atoms with E-state index >= 15 is 0 Å². The molecule has 0 saturated carbocycles. The monoisotopic (exact) mass is 187 g/mol. The Kier molecular flexibility index (Phi) is 5.35. The Bertz CT molecular complexity index is 124. The van der Waals surface area contributed by atoms with Gasteiger partial charge in [-0.2, -0.15) is 0 Å². The minimum atomic E-state index is 0.558. The number of ether oxygens (including phenoxy) is 2. The zero-order valence-electron chi connectivity index (χ0n) is 8.71. The third-order valence-corrected chi connectivity index (χ3v) is 2.50. The average Bonchev–Trinajstić information content (AvgIpc) is 2.16. The fraction of sp³-hybridized carbons (Fsp3) is 1.00. The first-order valence-corrected chi connectivity index (χ1v) is 5.15. The van der Waals surface area contributed by atoms with Crippen molar-refractivity contribution in [3.05, 3.63) is 0 Å². The second-order valence-electron chi connectivity index (χ2n) is 3.74. The molecule has 1 atom stereocenters. The van der Waals surface area contributed by atoms with Crippen LogP contribution < -0.4 is 5.32 Å². The van der Waals surface area contributed by atoms with Gasteiger partial charge in [0.25, 0.3) is 0 Å². The van der Waals surface area contributed by atoms with Gasteiger partial charge in [0.1, 0.15) is 0 Å². The van der Waals surface area contributed by atoms with Gasteiger partial charge in [-0.1, -0.05) is 0 Å². The SMILES string of the molecule is COCCC(C)NC1CCOCC1. The predicted molar refractivity (Wildman–Crippen MR) is 52.9 cm³/mol. The number of methoxy groups -OCH3 is 1. The van der Waals surface area contributed by atoms with E-state index in [1.165, 1.54) is 0 Å². The zero-order chi connectivity index (χ0) is 9.52. The van der Waals surface area contributed by atoms with Crippen LogP contribution in [0.3, 0.4) is 0 Å². The van der Waals surface area contributed by atoms with Gasteiger partial charge in [0.15, 0.2) is 0 Å². The third-order valence-electron chi connectivity index (χ3n) is 2.50. The summed E-state index contributed by atoms with van der Waals surface area (Å²) in [5.74, 6) is 0. The fourth-order valence-corrected chi connectivity index (χ4v) is 1.64. The molecule has 3 heteroatoms.